The Hall–Kier alpha value is -1.20. The lowest BCUT2D eigenvalue weighted by molar-refractivity contribution is -0.111. The molecule has 0 saturated carbocycles. The topological polar surface area (TPSA) is 81.1 Å². The number of nitrogens with two attached hydrogens (primary N) is 1. The zero-order valence-electron chi connectivity index (χ0n) is 6.71. The molecule has 0 aliphatic carbocycles. The second-order valence-corrected chi connectivity index (χ2v) is 2.59. The van der Waals surface area contributed by atoms with Gasteiger partial charge in [0.2, 0.25) is 0 Å². The van der Waals surface area contributed by atoms with Gasteiger partial charge in [-0.25, -0.2) is 4.98 Å². The highest BCUT2D eigenvalue weighted by Gasteiger charge is 2.18. The van der Waals surface area contributed by atoms with E-state index in [0.29, 0.717) is 12.0 Å². The van der Waals surface area contributed by atoms with Crippen LogP contribution in [0, 0.1) is 0 Å². The number of hydrogen-bond donors (Lipinski definition) is 2. The highest BCUT2D eigenvalue weighted by atomic mass is 16.3. The molecule has 0 aromatic carbocycles. The van der Waals surface area contributed by atoms with Gasteiger partial charge in [0.25, 0.3) is 0 Å². The van der Waals surface area contributed by atoms with E-state index in [-0.39, 0.29) is 0 Å². The van der Waals surface area contributed by atoms with Crippen molar-refractivity contribution in [2.24, 2.45) is 12.8 Å². The van der Waals surface area contributed by atoms with E-state index in [2.05, 4.69) is 4.98 Å². The van der Waals surface area contributed by atoms with E-state index in [0.717, 1.165) is 0 Å². The highest BCUT2D eigenvalue weighted by Crippen LogP contribution is 2.12. The van der Waals surface area contributed by atoms with Crippen molar-refractivity contribution in [2.75, 3.05) is 0 Å². The maximum Gasteiger partial charge on any atom is 0.139 e. The third kappa shape index (κ3) is 1.51. The lowest BCUT2D eigenvalue weighted by atomic mass is 10.1. The Bertz CT molecular complexity index is 271. The number of hydrogen-bond acceptors (Lipinski definition) is 4. The molecule has 0 aliphatic heterocycles. The van der Waals surface area contributed by atoms with Gasteiger partial charge in [0.05, 0.1) is 24.3 Å². The predicted molar refractivity (Wildman–Crippen MR) is 42.2 cm³/mol. The Balaban J connectivity index is 2.84. The van der Waals surface area contributed by atoms with Crippen molar-refractivity contribution in [2.45, 2.75) is 12.1 Å². The molecule has 5 heteroatoms. The van der Waals surface area contributed by atoms with E-state index in [9.17, 15) is 9.90 Å². The van der Waals surface area contributed by atoms with Gasteiger partial charge in [0, 0.05) is 7.05 Å². The standard InChI is InChI=1S/C7H11N3O2/c1-10-4-9-2-6(10)7(12)5(8)3-11/h2-5,7,12H,8H2,1H3. The number of aryl methyl sites for hydroxylation is 1. The fourth-order valence-corrected chi connectivity index (χ4v) is 0.924. The molecule has 0 radical (unpaired) electrons. The molecule has 66 valence electrons. The second-order valence-electron chi connectivity index (χ2n) is 2.59. The average Bonchev–Trinajstić information content (AvgIpc) is 2.48. The zero-order chi connectivity index (χ0) is 9.14. The van der Waals surface area contributed by atoms with Crippen LogP contribution in [0.3, 0.4) is 0 Å². The molecule has 2 atom stereocenters. The fraction of sp³-hybridized carbons (Fsp3) is 0.429. The number of aldehydes is 1. The average molecular weight is 169 g/mol. The van der Waals surface area contributed by atoms with Crippen molar-refractivity contribution in [1.29, 1.82) is 0 Å². The largest absolute Gasteiger partial charge is 0.385 e. The van der Waals surface area contributed by atoms with Crippen molar-refractivity contribution in [1.82, 2.24) is 9.55 Å². The number of nitrogens with zero attached hydrogens (tertiary/aromatic N) is 2. The maximum absolute atomic E-state index is 10.2. The van der Waals surface area contributed by atoms with Crippen LogP contribution in [0.4, 0.5) is 0 Å². The molecule has 1 heterocycles. The van der Waals surface area contributed by atoms with Gasteiger partial charge in [-0.2, -0.15) is 0 Å². The van der Waals surface area contributed by atoms with Crippen LogP contribution in [0.25, 0.3) is 0 Å². The first-order valence-corrected chi connectivity index (χ1v) is 3.52. The van der Waals surface area contributed by atoms with Crippen LogP contribution in [0.2, 0.25) is 0 Å². The summed E-state index contributed by atoms with van der Waals surface area (Å²) >= 11 is 0. The molecule has 0 aliphatic rings. The van der Waals surface area contributed by atoms with E-state index in [1.165, 1.54) is 12.5 Å². The zero-order valence-corrected chi connectivity index (χ0v) is 6.71. The molecule has 5 nitrogen and oxygen atoms in total. The van der Waals surface area contributed by atoms with Crippen molar-refractivity contribution in [3.05, 3.63) is 18.2 Å². The van der Waals surface area contributed by atoms with E-state index < -0.39 is 12.1 Å². The molecule has 2 unspecified atom stereocenters. The maximum atomic E-state index is 10.2. The van der Waals surface area contributed by atoms with Crippen LogP contribution in [0.15, 0.2) is 12.5 Å². The smallest absolute Gasteiger partial charge is 0.139 e. The minimum absolute atomic E-state index is 0.512. The van der Waals surface area contributed by atoms with Crippen molar-refractivity contribution < 1.29 is 9.90 Å². The summed E-state index contributed by atoms with van der Waals surface area (Å²) in [6.07, 6.45) is 2.55. The minimum atomic E-state index is -0.977. The van der Waals surface area contributed by atoms with Gasteiger partial charge in [-0.3, -0.25) is 0 Å². The summed E-state index contributed by atoms with van der Waals surface area (Å²) in [5, 5.41) is 9.44. The highest BCUT2D eigenvalue weighted by molar-refractivity contribution is 5.58. The first-order valence-electron chi connectivity index (χ1n) is 3.52. The van der Waals surface area contributed by atoms with Crippen molar-refractivity contribution in [3.63, 3.8) is 0 Å². The van der Waals surface area contributed by atoms with Crippen molar-refractivity contribution in [3.8, 4) is 0 Å². The molecule has 1 aromatic heterocycles. The van der Waals surface area contributed by atoms with E-state index >= 15 is 0 Å². The number of carbonyl (C=O) groups excluding carboxylic acids is 1. The molecule has 0 bridgehead atoms. The number of aliphatic hydroxyl groups is 1. The van der Waals surface area contributed by atoms with Crippen molar-refractivity contribution >= 4 is 6.29 Å². The molecular weight excluding hydrogens is 158 g/mol. The SMILES string of the molecule is Cn1cncc1C(O)C(N)C=O. The first-order chi connectivity index (χ1) is 5.66. The molecule has 0 fully saturated rings. The monoisotopic (exact) mass is 169 g/mol. The summed E-state index contributed by atoms with van der Waals surface area (Å²) in [6.45, 7) is 0. The summed E-state index contributed by atoms with van der Waals surface area (Å²) in [7, 11) is 1.73. The Labute approximate surface area is 69.8 Å². The number of rotatable bonds is 3. The summed E-state index contributed by atoms with van der Waals surface area (Å²) < 4.78 is 1.62. The Morgan fingerprint density at radius 1 is 1.83 bits per heavy atom. The molecular formula is C7H11N3O2. The van der Waals surface area contributed by atoms with Crippen LogP contribution in [-0.2, 0) is 11.8 Å². The molecule has 0 spiro atoms. The van der Waals surface area contributed by atoms with E-state index in [1.807, 2.05) is 0 Å². The van der Waals surface area contributed by atoms with Crippen LogP contribution in [-0.4, -0.2) is 27.0 Å². The number of aromatic nitrogens is 2. The molecule has 0 amide bonds. The van der Waals surface area contributed by atoms with Crippen LogP contribution < -0.4 is 5.73 Å². The summed E-state index contributed by atoms with van der Waals surface area (Å²) in [4.78, 5) is 14.0. The summed E-state index contributed by atoms with van der Waals surface area (Å²) in [5.74, 6) is 0. The van der Waals surface area contributed by atoms with Crippen LogP contribution >= 0.6 is 0 Å². The lowest BCUT2D eigenvalue weighted by Gasteiger charge is -2.13. The van der Waals surface area contributed by atoms with E-state index in [1.54, 1.807) is 11.6 Å². The number of imidazole rings is 1. The Morgan fingerprint density at radius 2 is 2.50 bits per heavy atom. The van der Waals surface area contributed by atoms with Crippen LogP contribution in [0.5, 0.6) is 0 Å². The Morgan fingerprint density at radius 3 is 2.92 bits per heavy atom. The van der Waals surface area contributed by atoms with Gasteiger partial charge < -0.3 is 20.2 Å². The third-order valence-corrected chi connectivity index (χ3v) is 1.68. The third-order valence-electron chi connectivity index (χ3n) is 1.68. The summed E-state index contributed by atoms with van der Waals surface area (Å²) in [6, 6.07) is -0.889. The van der Waals surface area contributed by atoms with Gasteiger partial charge in [-0.05, 0) is 0 Å². The number of aliphatic hydroxyl groups excluding tert-OH is 1. The molecule has 12 heavy (non-hydrogen) atoms. The molecule has 1 rings (SSSR count). The van der Waals surface area contributed by atoms with Gasteiger partial charge >= 0.3 is 0 Å². The fourth-order valence-electron chi connectivity index (χ4n) is 0.924. The minimum Gasteiger partial charge on any atom is -0.385 e. The quantitative estimate of drug-likeness (QED) is 0.567. The Kier molecular flexibility index (Phi) is 2.57. The van der Waals surface area contributed by atoms with Crippen LogP contribution in [0.1, 0.15) is 11.8 Å². The lowest BCUT2D eigenvalue weighted by Crippen LogP contribution is -2.30. The molecule has 0 saturated heterocycles. The number of carbonyl (C=O) groups is 1. The molecule has 1 aromatic rings. The molecule has 3 N–H and O–H groups in total. The first kappa shape index (κ1) is 8.89. The van der Waals surface area contributed by atoms with Gasteiger partial charge in [-0.15, -0.1) is 0 Å². The summed E-state index contributed by atoms with van der Waals surface area (Å²) in [5.41, 5.74) is 5.85. The second kappa shape index (κ2) is 3.46. The predicted octanol–water partition coefficient (Wildman–Crippen LogP) is -1.02. The van der Waals surface area contributed by atoms with Gasteiger partial charge in [-0.1, -0.05) is 0 Å². The van der Waals surface area contributed by atoms with Gasteiger partial charge in [0.15, 0.2) is 0 Å². The van der Waals surface area contributed by atoms with Gasteiger partial charge in [0.1, 0.15) is 12.4 Å². The normalized spacial score (nSPS) is 15.6. The van der Waals surface area contributed by atoms with E-state index in [4.69, 9.17) is 5.73 Å².